The van der Waals surface area contributed by atoms with E-state index in [9.17, 15) is 14.7 Å². The number of aliphatic carboxylic acids is 1. The highest BCUT2D eigenvalue weighted by atomic mass is 16.5. The van der Waals surface area contributed by atoms with Gasteiger partial charge in [-0.1, -0.05) is 25.0 Å². The molecule has 0 aliphatic heterocycles. The maximum atomic E-state index is 12.0. The third kappa shape index (κ3) is 3.16. The van der Waals surface area contributed by atoms with E-state index in [1.807, 2.05) is 13.0 Å². The molecular formula is C21H30O4. The molecule has 0 saturated heterocycles. The molecule has 25 heavy (non-hydrogen) atoms. The van der Waals surface area contributed by atoms with E-state index in [2.05, 4.69) is 13.0 Å². The second-order valence-corrected chi connectivity index (χ2v) is 8.57. The quantitative estimate of drug-likeness (QED) is 0.764. The van der Waals surface area contributed by atoms with E-state index >= 15 is 0 Å². The molecule has 4 atom stereocenters. The van der Waals surface area contributed by atoms with Crippen LogP contribution in [0.1, 0.15) is 65.7 Å². The van der Waals surface area contributed by atoms with E-state index < -0.39 is 11.4 Å². The van der Waals surface area contributed by atoms with Gasteiger partial charge in [0.2, 0.25) is 0 Å². The molecule has 4 nitrogen and oxygen atoms in total. The Morgan fingerprint density at radius 3 is 2.72 bits per heavy atom. The zero-order chi connectivity index (χ0) is 18.2. The molecular weight excluding hydrogens is 316 g/mol. The zero-order valence-corrected chi connectivity index (χ0v) is 15.6. The standard InChI is InChI=1S/C21H30O4/c1-14(22)25-12-9-15-5-7-17-16(13-15)6-8-18-20(17,2)10-4-11-21(18,3)19(23)24/h9,13,17-18H,4-8,10-12H2,1-3H3,(H,23,24)/b15-9-/t17-,18?,20+,21-/m0/s1. The Labute approximate surface area is 150 Å². The van der Waals surface area contributed by atoms with Gasteiger partial charge in [0, 0.05) is 6.92 Å². The lowest BCUT2D eigenvalue weighted by molar-refractivity contribution is -0.164. The fraction of sp³-hybridized carbons (Fsp3) is 0.714. The molecule has 0 aromatic carbocycles. The lowest BCUT2D eigenvalue weighted by Crippen LogP contribution is -2.53. The predicted octanol–water partition coefficient (Wildman–Crippen LogP) is 4.50. The monoisotopic (exact) mass is 346 g/mol. The van der Waals surface area contributed by atoms with Crippen molar-refractivity contribution < 1.29 is 19.4 Å². The maximum Gasteiger partial charge on any atom is 0.309 e. The number of carbonyl (C=O) groups is 2. The number of hydrogen-bond donors (Lipinski definition) is 1. The largest absolute Gasteiger partial charge is 0.481 e. The summed E-state index contributed by atoms with van der Waals surface area (Å²) >= 11 is 0. The number of allylic oxidation sites excluding steroid dienone is 3. The van der Waals surface area contributed by atoms with Crippen LogP contribution in [0.15, 0.2) is 23.3 Å². The van der Waals surface area contributed by atoms with Crippen LogP contribution >= 0.6 is 0 Å². The third-order valence-electron chi connectivity index (χ3n) is 7.16. The SMILES string of the molecule is CC(=O)OC/C=C1\C=C2CCC3[C@](C)(CCC[C@]3(C)C(=O)O)[C@H]2CC1. The van der Waals surface area contributed by atoms with Gasteiger partial charge >= 0.3 is 11.9 Å². The highest BCUT2D eigenvalue weighted by Gasteiger charge is 2.57. The van der Waals surface area contributed by atoms with E-state index in [0.29, 0.717) is 12.5 Å². The van der Waals surface area contributed by atoms with Crippen LogP contribution in [-0.2, 0) is 14.3 Å². The molecule has 4 heteroatoms. The number of carboxylic acids is 1. The Kier molecular flexibility index (Phi) is 4.82. The summed E-state index contributed by atoms with van der Waals surface area (Å²) in [4.78, 5) is 22.9. The first kappa shape index (κ1) is 18.2. The average molecular weight is 346 g/mol. The maximum absolute atomic E-state index is 12.0. The molecule has 0 aromatic rings. The summed E-state index contributed by atoms with van der Waals surface area (Å²) in [7, 11) is 0. The minimum atomic E-state index is -0.617. The Balaban J connectivity index is 1.83. The Morgan fingerprint density at radius 2 is 2.04 bits per heavy atom. The van der Waals surface area contributed by atoms with E-state index in [1.54, 1.807) is 0 Å². The van der Waals surface area contributed by atoms with Crippen molar-refractivity contribution in [1.29, 1.82) is 0 Å². The smallest absolute Gasteiger partial charge is 0.309 e. The van der Waals surface area contributed by atoms with Crippen LogP contribution in [-0.4, -0.2) is 23.7 Å². The number of carbonyl (C=O) groups excluding carboxylic acids is 1. The van der Waals surface area contributed by atoms with E-state index in [0.717, 1.165) is 44.9 Å². The van der Waals surface area contributed by atoms with Gasteiger partial charge in [-0.2, -0.15) is 0 Å². The molecule has 0 heterocycles. The molecule has 2 fully saturated rings. The molecule has 1 unspecified atom stereocenters. The molecule has 3 aliphatic rings. The van der Waals surface area contributed by atoms with Gasteiger partial charge in [0.1, 0.15) is 6.61 Å². The topological polar surface area (TPSA) is 63.6 Å². The number of fused-ring (bicyclic) bond motifs is 3. The first-order chi connectivity index (χ1) is 11.8. The molecule has 3 aliphatic carbocycles. The number of carboxylic acid groups (broad SMARTS) is 1. The van der Waals surface area contributed by atoms with Crippen molar-refractivity contribution in [2.24, 2.45) is 22.7 Å². The molecule has 2 saturated carbocycles. The van der Waals surface area contributed by atoms with Gasteiger partial charge in [0.15, 0.2) is 0 Å². The van der Waals surface area contributed by atoms with Crippen LogP contribution in [0.2, 0.25) is 0 Å². The van der Waals surface area contributed by atoms with Gasteiger partial charge in [-0.3, -0.25) is 9.59 Å². The lowest BCUT2D eigenvalue weighted by Gasteiger charge is -2.58. The average Bonchev–Trinajstić information content (AvgIpc) is 2.54. The van der Waals surface area contributed by atoms with Crippen molar-refractivity contribution in [1.82, 2.24) is 0 Å². The number of hydrogen-bond acceptors (Lipinski definition) is 3. The summed E-state index contributed by atoms with van der Waals surface area (Å²) in [6.07, 6.45) is 11.3. The Bertz CT molecular complexity index is 632. The minimum Gasteiger partial charge on any atom is -0.481 e. The van der Waals surface area contributed by atoms with Crippen LogP contribution in [0, 0.1) is 22.7 Å². The molecule has 0 spiro atoms. The summed E-state index contributed by atoms with van der Waals surface area (Å²) < 4.78 is 5.03. The van der Waals surface area contributed by atoms with Crippen molar-refractivity contribution in [2.75, 3.05) is 6.61 Å². The Morgan fingerprint density at radius 1 is 1.28 bits per heavy atom. The summed E-state index contributed by atoms with van der Waals surface area (Å²) in [5, 5.41) is 9.87. The molecule has 0 aromatic heterocycles. The van der Waals surface area contributed by atoms with Crippen molar-refractivity contribution in [3.8, 4) is 0 Å². The van der Waals surface area contributed by atoms with Gasteiger partial charge in [0.05, 0.1) is 5.41 Å². The molecule has 0 bridgehead atoms. The minimum absolute atomic E-state index is 0.0941. The second-order valence-electron chi connectivity index (χ2n) is 8.57. The zero-order valence-electron chi connectivity index (χ0n) is 15.6. The van der Waals surface area contributed by atoms with Crippen LogP contribution < -0.4 is 0 Å². The van der Waals surface area contributed by atoms with E-state index in [-0.39, 0.29) is 17.3 Å². The molecule has 0 amide bonds. The van der Waals surface area contributed by atoms with Crippen molar-refractivity contribution in [2.45, 2.75) is 65.7 Å². The van der Waals surface area contributed by atoms with Gasteiger partial charge in [-0.25, -0.2) is 0 Å². The van der Waals surface area contributed by atoms with Crippen molar-refractivity contribution in [3.05, 3.63) is 23.3 Å². The number of rotatable bonds is 3. The summed E-state index contributed by atoms with van der Waals surface area (Å²) in [6.45, 7) is 6.08. The summed E-state index contributed by atoms with van der Waals surface area (Å²) in [6, 6.07) is 0. The van der Waals surface area contributed by atoms with Crippen molar-refractivity contribution in [3.63, 3.8) is 0 Å². The first-order valence-corrected chi connectivity index (χ1v) is 9.53. The molecule has 138 valence electrons. The van der Waals surface area contributed by atoms with Crippen LogP contribution in [0.3, 0.4) is 0 Å². The first-order valence-electron chi connectivity index (χ1n) is 9.53. The highest BCUT2D eigenvalue weighted by Crippen LogP contribution is 2.63. The van der Waals surface area contributed by atoms with Crippen LogP contribution in [0.5, 0.6) is 0 Å². The van der Waals surface area contributed by atoms with Crippen LogP contribution in [0.25, 0.3) is 0 Å². The molecule has 0 radical (unpaired) electrons. The fourth-order valence-electron chi connectivity index (χ4n) is 5.88. The van der Waals surface area contributed by atoms with Gasteiger partial charge in [-0.15, -0.1) is 0 Å². The van der Waals surface area contributed by atoms with Crippen molar-refractivity contribution >= 4 is 11.9 Å². The molecule has 1 N–H and O–H groups in total. The molecule has 3 rings (SSSR count). The Hall–Kier alpha value is -1.58. The normalized spacial score (nSPS) is 39.2. The summed E-state index contributed by atoms with van der Waals surface area (Å²) in [5.41, 5.74) is 2.25. The predicted molar refractivity (Wildman–Crippen MR) is 95.9 cm³/mol. The fourth-order valence-corrected chi connectivity index (χ4v) is 5.88. The van der Waals surface area contributed by atoms with E-state index in [1.165, 1.54) is 18.1 Å². The number of ether oxygens (including phenoxy) is 1. The lowest BCUT2D eigenvalue weighted by atomic mass is 9.46. The van der Waals surface area contributed by atoms with Crippen LogP contribution in [0.4, 0.5) is 0 Å². The van der Waals surface area contributed by atoms with Gasteiger partial charge in [-0.05, 0) is 74.3 Å². The second kappa shape index (κ2) is 6.62. The summed E-state index contributed by atoms with van der Waals surface area (Å²) in [5.74, 6) is -0.105. The van der Waals surface area contributed by atoms with Gasteiger partial charge in [0.25, 0.3) is 0 Å². The van der Waals surface area contributed by atoms with E-state index in [4.69, 9.17) is 4.74 Å². The number of esters is 1. The highest BCUT2D eigenvalue weighted by molar-refractivity contribution is 5.75. The van der Waals surface area contributed by atoms with Gasteiger partial charge < -0.3 is 9.84 Å². The third-order valence-corrected chi connectivity index (χ3v) is 7.16.